The van der Waals surface area contributed by atoms with Crippen molar-refractivity contribution in [3.63, 3.8) is 0 Å². The SMILES string of the molecule is COc1ccc(NC(C)=O)cc1NC(=O)C(C)C1CNC1.Cl. The fraction of sp³-hybridized carbons (Fsp3) is 0.467. The summed E-state index contributed by atoms with van der Waals surface area (Å²) in [4.78, 5) is 23.4. The van der Waals surface area contributed by atoms with Gasteiger partial charge in [0.2, 0.25) is 11.8 Å². The molecule has 3 N–H and O–H groups in total. The molecule has 0 aromatic heterocycles. The van der Waals surface area contributed by atoms with Crippen LogP contribution in [0, 0.1) is 11.8 Å². The number of nitrogens with one attached hydrogen (secondary N) is 3. The lowest BCUT2D eigenvalue weighted by atomic mass is 9.88. The first kappa shape index (κ1) is 18.3. The molecule has 0 radical (unpaired) electrons. The van der Waals surface area contributed by atoms with E-state index < -0.39 is 0 Å². The quantitative estimate of drug-likeness (QED) is 0.771. The van der Waals surface area contributed by atoms with Crippen LogP contribution in [-0.4, -0.2) is 32.0 Å². The maximum Gasteiger partial charge on any atom is 0.227 e. The van der Waals surface area contributed by atoms with Crippen molar-refractivity contribution in [2.75, 3.05) is 30.8 Å². The lowest BCUT2D eigenvalue weighted by Gasteiger charge is -2.31. The molecule has 122 valence electrons. The Morgan fingerprint density at radius 3 is 2.50 bits per heavy atom. The number of anilines is 2. The van der Waals surface area contributed by atoms with Gasteiger partial charge in [0.15, 0.2) is 0 Å². The van der Waals surface area contributed by atoms with Gasteiger partial charge in [0.1, 0.15) is 5.75 Å². The summed E-state index contributed by atoms with van der Waals surface area (Å²) < 4.78 is 5.25. The Kier molecular flexibility index (Phi) is 6.64. The second-order valence-corrected chi connectivity index (χ2v) is 5.29. The zero-order valence-corrected chi connectivity index (χ0v) is 13.8. The van der Waals surface area contributed by atoms with Crippen LogP contribution in [0.2, 0.25) is 0 Å². The van der Waals surface area contributed by atoms with E-state index in [1.165, 1.54) is 6.92 Å². The van der Waals surface area contributed by atoms with Gasteiger partial charge in [-0.3, -0.25) is 9.59 Å². The zero-order chi connectivity index (χ0) is 15.4. The van der Waals surface area contributed by atoms with E-state index in [-0.39, 0.29) is 30.1 Å². The van der Waals surface area contributed by atoms with Gasteiger partial charge in [-0.05, 0) is 37.2 Å². The highest BCUT2D eigenvalue weighted by Crippen LogP contribution is 2.29. The maximum absolute atomic E-state index is 12.3. The van der Waals surface area contributed by atoms with Crippen LogP contribution in [0.4, 0.5) is 11.4 Å². The molecule has 0 bridgehead atoms. The van der Waals surface area contributed by atoms with Crippen molar-refractivity contribution in [2.45, 2.75) is 13.8 Å². The van der Waals surface area contributed by atoms with Crippen molar-refractivity contribution in [3.8, 4) is 5.75 Å². The van der Waals surface area contributed by atoms with Gasteiger partial charge in [-0.1, -0.05) is 6.92 Å². The second-order valence-electron chi connectivity index (χ2n) is 5.29. The van der Waals surface area contributed by atoms with Crippen molar-refractivity contribution in [1.29, 1.82) is 0 Å². The van der Waals surface area contributed by atoms with E-state index in [0.717, 1.165) is 13.1 Å². The lowest BCUT2D eigenvalue weighted by Crippen LogP contribution is -2.48. The summed E-state index contributed by atoms with van der Waals surface area (Å²) in [7, 11) is 1.54. The minimum Gasteiger partial charge on any atom is -0.495 e. The van der Waals surface area contributed by atoms with Crippen LogP contribution in [-0.2, 0) is 9.59 Å². The summed E-state index contributed by atoms with van der Waals surface area (Å²) in [6.45, 7) is 5.11. The molecular formula is C15H22ClN3O3. The first-order valence-electron chi connectivity index (χ1n) is 6.98. The molecule has 0 aliphatic carbocycles. The van der Waals surface area contributed by atoms with E-state index in [1.54, 1.807) is 25.3 Å². The Balaban J connectivity index is 0.00000242. The number of methoxy groups -OCH3 is 1. The van der Waals surface area contributed by atoms with Crippen LogP contribution in [0.1, 0.15) is 13.8 Å². The zero-order valence-electron chi connectivity index (χ0n) is 12.9. The maximum atomic E-state index is 12.3. The summed E-state index contributed by atoms with van der Waals surface area (Å²) >= 11 is 0. The Hall–Kier alpha value is -1.79. The molecule has 7 heteroatoms. The molecule has 1 unspecified atom stereocenters. The van der Waals surface area contributed by atoms with Crippen molar-refractivity contribution in [3.05, 3.63) is 18.2 Å². The molecule has 0 saturated carbocycles. The first-order chi connectivity index (χ1) is 10.0. The number of rotatable bonds is 5. The van der Waals surface area contributed by atoms with Crippen molar-refractivity contribution in [1.82, 2.24) is 5.32 Å². The fourth-order valence-corrected chi connectivity index (χ4v) is 2.21. The highest BCUT2D eigenvalue weighted by atomic mass is 35.5. The number of benzene rings is 1. The average Bonchev–Trinajstić information content (AvgIpc) is 2.36. The highest BCUT2D eigenvalue weighted by Gasteiger charge is 2.29. The van der Waals surface area contributed by atoms with Gasteiger partial charge in [0, 0.05) is 18.5 Å². The monoisotopic (exact) mass is 327 g/mol. The third-order valence-electron chi connectivity index (χ3n) is 3.71. The van der Waals surface area contributed by atoms with E-state index >= 15 is 0 Å². The van der Waals surface area contributed by atoms with Gasteiger partial charge in [0.05, 0.1) is 12.8 Å². The number of ether oxygens (including phenoxy) is 1. The molecule has 1 atom stereocenters. The molecular weight excluding hydrogens is 306 g/mol. The van der Waals surface area contributed by atoms with Gasteiger partial charge < -0.3 is 20.7 Å². The Morgan fingerprint density at radius 1 is 1.32 bits per heavy atom. The van der Waals surface area contributed by atoms with Crippen molar-refractivity contribution < 1.29 is 14.3 Å². The minimum atomic E-state index is -0.161. The van der Waals surface area contributed by atoms with Crippen LogP contribution in [0.25, 0.3) is 0 Å². The molecule has 1 fully saturated rings. The highest BCUT2D eigenvalue weighted by molar-refractivity contribution is 5.96. The van der Waals surface area contributed by atoms with E-state index in [1.807, 2.05) is 6.92 Å². The molecule has 6 nitrogen and oxygen atoms in total. The molecule has 1 aliphatic rings. The number of carbonyl (C=O) groups excluding carboxylic acids is 2. The summed E-state index contributed by atoms with van der Waals surface area (Å²) in [6.07, 6.45) is 0. The molecule has 1 aliphatic heterocycles. The van der Waals surface area contributed by atoms with Crippen LogP contribution < -0.4 is 20.7 Å². The molecule has 2 rings (SSSR count). The van der Waals surface area contributed by atoms with E-state index in [2.05, 4.69) is 16.0 Å². The molecule has 1 saturated heterocycles. The van der Waals surface area contributed by atoms with Crippen LogP contribution in [0.3, 0.4) is 0 Å². The molecule has 1 heterocycles. The minimum absolute atomic E-state index is 0. The first-order valence-corrected chi connectivity index (χ1v) is 6.98. The van der Waals surface area contributed by atoms with Gasteiger partial charge in [-0.25, -0.2) is 0 Å². The van der Waals surface area contributed by atoms with E-state index in [4.69, 9.17) is 4.74 Å². The molecule has 1 aromatic rings. The third kappa shape index (κ3) is 4.35. The van der Waals surface area contributed by atoms with E-state index in [9.17, 15) is 9.59 Å². The lowest BCUT2D eigenvalue weighted by molar-refractivity contribution is -0.121. The standard InChI is InChI=1S/C15H21N3O3.ClH/c1-9(11-7-16-8-11)15(20)18-13-6-12(17-10(2)19)4-5-14(13)21-3;/h4-6,9,11,16H,7-8H2,1-3H3,(H,17,19)(H,18,20);1H. The number of hydrogen-bond donors (Lipinski definition) is 3. The molecule has 1 aromatic carbocycles. The summed E-state index contributed by atoms with van der Waals surface area (Å²) in [6, 6.07) is 5.15. The van der Waals surface area contributed by atoms with Crippen molar-refractivity contribution >= 4 is 35.6 Å². The van der Waals surface area contributed by atoms with Crippen LogP contribution in [0.5, 0.6) is 5.75 Å². The summed E-state index contributed by atoms with van der Waals surface area (Å²) in [5.41, 5.74) is 1.18. The smallest absolute Gasteiger partial charge is 0.227 e. The number of hydrogen-bond acceptors (Lipinski definition) is 4. The van der Waals surface area contributed by atoms with Crippen molar-refractivity contribution in [2.24, 2.45) is 11.8 Å². The topological polar surface area (TPSA) is 79.5 Å². The number of halogens is 1. The van der Waals surface area contributed by atoms with Crippen LogP contribution >= 0.6 is 12.4 Å². The number of amides is 2. The molecule has 0 spiro atoms. The van der Waals surface area contributed by atoms with Gasteiger partial charge in [-0.2, -0.15) is 0 Å². The predicted molar refractivity (Wildman–Crippen MR) is 88.7 cm³/mol. The van der Waals surface area contributed by atoms with Gasteiger partial charge >= 0.3 is 0 Å². The Bertz CT molecular complexity index is 547. The Morgan fingerprint density at radius 2 is 2.00 bits per heavy atom. The number of carbonyl (C=O) groups is 2. The van der Waals surface area contributed by atoms with Gasteiger partial charge in [0.25, 0.3) is 0 Å². The van der Waals surface area contributed by atoms with E-state index in [0.29, 0.717) is 23.0 Å². The normalized spacial score (nSPS) is 15.0. The molecule has 2 amide bonds. The summed E-state index contributed by atoms with van der Waals surface area (Å²) in [5.74, 6) is 0.664. The fourth-order valence-electron chi connectivity index (χ4n) is 2.21. The Labute approximate surface area is 136 Å². The average molecular weight is 328 g/mol. The second kappa shape index (κ2) is 8.00. The largest absolute Gasteiger partial charge is 0.495 e. The third-order valence-corrected chi connectivity index (χ3v) is 3.71. The summed E-state index contributed by atoms with van der Waals surface area (Å²) in [5, 5.41) is 8.73. The van der Waals surface area contributed by atoms with Gasteiger partial charge in [-0.15, -0.1) is 12.4 Å². The van der Waals surface area contributed by atoms with Crippen LogP contribution in [0.15, 0.2) is 18.2 Å². The predicted octanol–water partition coefficient (Wildman–Crippen LogP) is 1.87. The molecule has 22 heavy (non-hydrogen) atoms.